The van der Waals surface area contributed by atoms with Crippen molar-refractivity contribution in [2.75, 3.05) is 12.2 Å². The first-order valence-corrected chi connectivity index (χ1v) is 1.52. The normalized spacial score (nSPS) is 14.8. The van der Waals surface area contributed by atoms with Gasteiger partial charge < -0.3 is 18.1 Å². The first kappa shape index (κ1) is 3.78. The van der Waals surface area contributed by atoms with Crippen molar-refractivity contribution < 1.29 is 20.9 Å². The highest BCUT2D eigenvalue weighted by molar-refractivity contribution is 7.80. The second-order valence-electron chi connectivity index (χ2n) is 0.408. The molecule has 0 atom stereocenters. The molecule has 0 rings (SSSR count). The topological polar surface area (TPSA) is 27.6 Å². The van der Waals surface area contributed by atoms with Gasteiger partial charge in [-0.05, 0) is 0 Å². The first-order chi connectivity index (χ1) is 2.56. The minimum absolute atomic E-state index is 0. The van der Waals surface area contributed by atoms with E-state index in [1.165, 1.54) is 0 Å². The van der Waals surface area contributed by atoms with Gasteiger partial charge in [0.25, 0.3) is 0 Å². The molecule has 0 aromatic heterocycles. The Bertz CT molecular complexity index is 45.4. The van der Waals surface area contributed by atoms with Crippen LogP contribution in [0.4, 0.5) is 0 Å². The number of hydrogen-bond donors (Lipinski definition) is 2. The van der Waals surface area contributed by atoms with Gasteiger partial charge in [-0.15, -0.1) is 0 Å². The fraction of sp³-hybridized carbons (Fsp3) is 1.00. The van der Waals surface area contributed by atoms with Gasteiger partial charge in [0.05, 0.1) is 6.54 Å². The minimum atomic E-state index is -1.38. The maximum atomic E-state index is 6.65. The Balaban J connectivity index is 0. The van der Waals surface area contributed by atoms with Crippen molar-refractivity contribution in [2.45, 2.75) is 0 Å². The van der Waals surface area contributed by atoms with Crippen LogP contribution in [0.5, 0.6) is 0 Å². The van der Waals surface area contributed by atoms with Crippen molar-refractivity contribution in [3.8, 4) is 0 Å². The van der Waals surface area contributed by atoms with Gasteiger partial charge in [-0.2, -0.15) is 12.6 Å². The minimum Gasteiger partial charge on any atom is -1.00 e. The van der Waals surface area contributed by atoms with E-state index in [4.69, 9.17) is 2.74 Å². The van der Waals surface area contributed by atoms with E-state index < -0.39 is 5.70 Å². The third kappa shape index (κ3) is 12.1. The Hall–Kier alpha value is 0.600. The summed E-state index contributed by atoms with van der Waals surface area (Å²) in [5, 5.41) is 0. The Labute approximate surface area is 46.6 Å². The quantitative estimate of drug-likeness (QED) is 0.328. The van der Waals surface area contributed by atoms with Crippen molar-refractivity contribution in [1.82, 2.24) is 0 Å². The zero-order valence-electron chi connectivity index (χ0n) is 4.74. The van der Waals surface area contributed by atoms with Gasteiger partial charge in [0.2, 0.25) is 0 Å². The summed E-state index contributed by atoms with van der Waals surface area (Å²) in [6.07, 6.45) is 0. The van der Waals surface area contributed by atoms with E-state index in [0.717, 1.165) is 0 Å². The van der Waals surface area contributed by atoms with Gasteiger partial charge in [0, 0.05) is 8.45 Å². The third-order valence-corrected chi connectivity index (χ3v) is 0.335. The van der Waals surface area contributed by atoms with Crippen LogP contribution in [0.25, 0.3) is 0 Å². The average Bonchev–Trinajstić information content (AvgIpc) is 1.35. The molecule has 5 heavy (non-hydrogen) atoms. The summed E-state index contributed by atoms with van der Waals surface area (Å²) in [7, 11) is 0. The molecule has 0 aliphatic carbocycles. The average molecular weight is 116 g/mol. The van der Waals surface area contributed by atoms with E-state index in [-0.39, 0.29) is 19.0 Å². The van der Waals surface area contributed by atoms with Crippen molar-refractivity contribution in [3.63, 3.8) is 0 Å². The van der Waals surface area contributed by atoms with Crippen molar-refractivity contribution in [2.24, 2.45) is 0 Å². The molecule has 34 valence electrons. The molecule has 0 saturated carbocycles. The standard InChI is InChI=1S/C2H7NS.ClH/c3-1-2-4;/h4H,1-3H2;1H/i2D2;. The maximum Gasteiger partial charge on any atom is 0.0829 e. The third-order valence-electron chi connectivity index (χ3n) is 0.112. The predicted octanol–water partition coefficient (Wildman–Crippen LogP) is -3.84. The monoisotopic (exact) mass is 115 g/mol. The Morgan fingerprint density at radius 2 is 2.20 bits per heavy atom. The second-order valence-corrected chi connectivity index (χ2v) is 0.724. The Kier molecular flexibility index (Phi) is 6.66. The Morgan fingerprint density at radius 3 is 2.20 bits per heavy atom. The molecule has 0 aliphatic heterocycles. The summed E-state index contributed by atoms with van der Waals surface area (Å²) < 4.78 is 13.3. The van der Waals surface area contributed by atoms with Crippen LogP contribution in [-0.4, -0.2) is 12.2 Å². The molecular formula is C2H8ClNS. The first-order valence-electron chi connectivity index (χ1n) is 2.08. The van der Waals surface area contributed by atoms with Crippen LogP contribution in [0.1, 0.15) is 2.74 Å². The molecular weight excluding hydrogens is 106 g/mol. The molecule has 0 heterocycles. The molecule has 0 bridgehead atoms. The molecule has 0 saturated heterocycles. The lowest BCUT2D eigenvalue weighted by molar-refractivity contribution is -0.360. The highest BCUT2D eigenvalue weighted by Gasteiger charge is 1.60. The van der Waals surface area contributed by atoms with E-state index >= 15 is 0 Å². The summed E-state index contributed by atoms with van der Waals surface area (Å²) in [4.78, 5) is 0. The lowest BCUT2D eigenvalue weighted by Crippen LogP contribution is -3.00. The fourth-order valence-electron chi connectivity index (χ4n) is 0. The highest BCUT2D eigenvalue weighted by Crippen LogP contribution is 1.56. The zero-order valence-corrected chi connectivity index (χ0v) is 4.39. The second kappa shape index (κ2) is 8.82. The molecule has 3 heteroatoms. The van der Waals surface area contributed by atoms with Gasteiger partial charge in [-0.25, -0.2) is 0 Å². The van der Waals surface area contributed by atoms with Crippen LogP contribution in [0, 0.1) is 0 Å². The Morgan fingerprint density at radius 1 is 2.00 bits per heavy atom. The lowest BCUT2D eigenvalue weighted by atomic mass is 10.8. The molecule has 0 radical (unpaired) electrons. The van der Waals surface area contributed by atoms with Crippen molar-refractivity contribution >= 4 is 12.6 Å². The summed E-state index contributed by atoms with van der Waals surface area (Å²) in [5.41, 5.74) is 1.93. The molecule has 0 spiro atoms. The summed E-state index contributed by atoms with van der Waals surface area (Å²) >= 11 is 3.53. The molecule has 1 nitrogen and oxygen atoms in total. The van der Waals surface area contributed by atoms with Crippen LogP contribution in [-0.2, 0) is 0 Å². The lowest BCUT2D eigenvalue weighted by Gasteiger charge is -1.66. The summed E-state index contributed by atoms with van der Waals surface area (Å²) in [5.74, 6) is 0. The van der Waals surface area contributed by atoms with E-state index in [2.05, 4.69) is 18.4 Å². The maximum absolute atomic E-state index is 6.65. The SMILES string of the molecule is [2H]C([2H])(S)C[NH3+].[Cl-]. The number of thiol groups is 1. The molecule has 0 fully saturated rings. The highest BCUT2D eigenvalue weighted by atomic mass is 35.5. The van der Waals surface area contributed by atoms with Gasteiger partial charge in [-0.1, -0.05) is 0 Å². The molecule has 0 amide bonds. The van der Waals surface area contributed by atoms with Crippen LogP contribution in [0.2, 0.25) is 0 Å². The van der Waals surface area contributed by atoms with E-state index in [1.54, 1.807) is 0 Å². The van der Waals surface area contributed by atoms with Crippen LogP contribution in [0.3, 0.4) is 0 Å². The summed E-state index contributed by atoms with van der Waals surface area (Å²) in [6.45, 7) is 0.218. The number of quaternary nitrogens is 1. The number of halogens is 1. The molecule has 0 aromatic carbocycles. The number of rotatable bonds is 1. The molecule has 3 N–H and O–H groups in total. The van der Waals surface area contributed by atoms with Gasteiger partial charge in [-0.3, -0.25) is 0 Å². The van der Waals surface area contributed by atoms with Crippen LogP contribution in [0.15, 0.2) is 0 Å². The largest absolute Gasteiger partial charge is 1.00 e. The zero-order chi connectivity index (χ0) is 5.21. The van der Waals surface area contributed by atoms with E-state index in [9.17, 15) is 0 Å². The van der Waals surface area contributed by atoms with Crippen molar-refractivity contribution in [3.05, 3.63) is 0 Å². The summed E-state index contributed by atoms with van der Waals surface area (Å²) in [6, 6.07) is 0. The van der Waals surface area contributed by atoms with E-state index in [0.29, 0.717) is 0 Å². The van der Waals surface area contributed by atoms with Gasteiger partial charge in [0.1, 0.15) is 0 Å². The predicted molar refractivity (Wildman–Crippen MR) is 21.6 cm³/mol. The van der Waals surface area contributed by atoms with Crippen LogP contribution >= 0.6 is 12.6 Å². The van der Waals surface area contributed by atoms with E-state index in [1.807, 2.05) is 0 Å². The number of hydrogen-bond acceptors (Lipinski definition) is 1. The van der Waals surface area contributed by atoms with Gasteiger partial charge >= 0.3 is 0 Å². The van der Waals surface area contributed by atoms with Crippen molar-refractivity contribution in [1.29, 1.82) is 0 Å². The molecule has 0 unspecified atom stereocenters. The van der Waals surface area contributed by atoms with Crippen LogP contribution < -0.4 is 18.1 Å². The van der Waals surface area contributed by atoms with Gasteiger partial charge in [0.15, 0.2) is 0 Å². The molecule has 0 aromatic rings. The fourth-order valence-corrected chi connectivity index (χ4v) is 0. The smallest absolute Gasteiger partial charge is 0.0829 e. The molecule has 0 aliphatic rings.